The first-order valence-electron chi connectivity index (χ1n) is 7.38. The van der Waals surface area contributed by atoms with E-state index in [9.17, 15) is 4.79 Å². The summed E-state index contributed by atoms with van der Waals surface area (Å²) in [6.07, 6.45) is 4.84. The number of carbonyl (C=O) groups excluding carboxylic acids is 1. The summed E-state index contributed by atoms with van der Waals surface area (Å²) in [6, 6.07) is 7.72. The number of amides is 1. The Hall–Kier alpha value is -1.86. The normalized spacial score (nSPS) is 18.1. The molecule has 1 aliphatic rings. The lowest BCUT2D eigenvalue weighted by Gasteiger charge is -2.22. The number of hydrogen-bond acceptors (Lipinski definition) is 5. The molecule has 2 heterocycles. The standard InChI is InChI=1S/C15H19N5OS/c1-20-10-17-19-15(20)22-12-7-5-11(6-8-12)18-14(21)13-4-2-3-9-16-13/h5-8,10,13,16H,2-4,9H2,1H3,(H,18,21). The topological polar surface area (TPSA) is 71.8 Å². The molecule has 7 heteroatoms. The molecule has 2 aromatic rings. The summed E-state index contributed by atoms with van der Waals surface area (Å²) in [7, 11) is 1.91. The minimum atomic E-state index is -0.0681. The van der Waals surface area contributed by atoms with E-state index in [1.165, 1.54) is 0 Å². The molecule has 1 aromatic carbocycles. The summed E-state index contributed by atoms with van der Waals surface area (Å²) in [6.45, 7) is 0.922. The van der Waals surface area contributed by atoms with Crippen molar-refractivity contribution < 1.29 is 4.79 Å². The van der Waals surface area contributed by atoms with E-state index in [0.29, 0.717) is 0 Å². The highest BCUT2D eigenvalue weighted by Gasteiger charge is 2.20. The highest BCUT2D eigenvalue weighted by molar-refractivity contribution is 7.99. The maximum atomic E-state index is 12.2. The number of nitrogens with one attached hydrogen (secondary N) is 2. The molecule has 0 bridgehead atoms. The Labute approximate surface area is 133 Å². The van der Waals surface area contributed by atoms with Crippen molar-refractivity contribution in [3.8, 4) is 0 Å². The van der Waals surface area contributed by atoms with Crippen LogP contribution in [0.2, 0.25) is 0 Å². The number of anilines is 1. The summed E-state index contributed by atoms with van der Waals surface area (Å²) in [5.41, 5.74) is 0.819. The van der Waals surface area contributed by atoms with Crippen molar-refractivity contribution >= 4 is 23.4 Å². The molecule has 1 unspecified atom stereocenters. The number of aromatic nitrogens is 3. The minimum absolute atomic E-state index is 0.0494. The van der Waals surface area contributed by atoms with E-state index in [2.05, 4.69) is 20.8 Å². The van der Waals surface area contributed by atoms with Crippen LogP contribution < -0.4 is 10.6 Å². The fourth-order valence-corrected chi connectivity index (χ4v) is 3.14. The van der Waals surface area contributed by atoms with Gasteiger partial charge in [0.05, 0.1) is 6.04 Å². The second-order valence-electron chi connectivity index (χ2n) is 5.34. The third kappa shape index (κ3) is 3.66. The molecule has 1 fully saturated rings. The van der Waals surface area contributed by atoms with Gasteiger partial charge in [0, 0.05) is 17.6 Å². The van der Waals surface area contributed by atoms with E-state index >= 15 is 0 Å². The van der Waals surface area contributed by atoms with Gasteiger partial charge in [-0.1, -0.05) is 6.42 Å². The second kappa shape index (κ2) is 6.93. The molecule has 1 aliphatic heterocycles. The lowest BCUT2D eigenvalue weighted by molar-refractivity contribution is -0.118. The molecule has 3 rings (SSSR count). The van der Waals surface area contributed by atoms with E-state index in [-0.39, 0.29) is 11.9 Å². The average molecular weight is 317 g/mol. The fraction of sp³-hybridized carbons (Fsp3) is 0.400. The second-order valence-corrected chi connectivity index (χ2v) is 6.38. The number of rotatable bonds is 4. The van der Waals surface area contributed by atoms with Crippen LogP contribution in [0, 0.1) is 0 Å². The van der Waals surface area contributed by atoms with Crippen molar-refractivity contribution in [2.45, 2.75) is 35.4 Å². The van der Waals surface area contributed by atoms with Crippen LogP contribution in [0.15, 0.2) is 40.6 Å². The number of nitrogens with zero attached hydrogens (tertiary/aromatic N) is 3. The molecule has 0 radical (unpaired) electrons. The Morgan fingerprint density at radius 3 is 2.82 bits per heavy atom. The quantitative estimate of drug-likeness (QED) is 0.903. The van der Waals surface area contributed by atoms with Gasteiger partial charge < -0.3 is 15.2 Å². The molecule has 2 N–H and O–H groups in total. The van der Waals surface area contributed by atoms with Gasteiger partial charge in [0.1, 0.15) is 6.33 Å². The number of hydrogen-bond donors (Lipinski definition) is 2. The van der Waals surface area contributed by atoms with Gasteiger partial charge in [0.15, 0.2) is 5.16 Å². The average Bonchev–Trinajstić information content (AvgIpc) is 2.95. The summed E-state index contributed by atoms with van der Waals surface area (Å²) in [4.78, 5) is 13.2. The molecular weight excluding hydrogens is 298 g/mol. The molecule has 1 saturated heterocycles. The maximum Gasteiger partial charge on any atom is 0.241 e. The molecular formula is C15H19N5OS. The van der Waals surface area contributed by atoms with Crippen LogP contribution >= 0.6 is 11.8 Å². The molecule has 1 atom stereocenters. The zero-order valence-corrected chi connectivity index (χ0v) is 13.3. The van der Waals surface area contributed by atoms with Gasteiger partial charge in [-0.2, -0.15) is 0 Å². The zero-order valence-electron chi connectivity index (χ0n) is 12.5. The minimum Gasteiger partial charge on any atom is -0.325 e. The Morgan fingerprint density at radius 1 is 1.36 bits per heavy atom. The molecule has 0 saturated carbocycles. The van der Waals surface area contributed by atoms with Gasteiger partial charge in [-0.25, -0.2) is 0 Å². The molecule has 0 spiro atoms. The van der Waals surface area contributed by atoms with Crippen molar-refractivity contribution in [2.24, 2.45) is 7.05 Å². The van der Waals surface area contributed by atoms with Crippen LogP contribution in [0.1, 0.15) is 19.3 Å². The van der Waals surface area contributed by atoms with Gasteiger partial charge in [0.2, 0.25) is 5.91 Å². The fourth-order valence-electron chi connectivity index (χ4n) is 2.38. The lowest BCUT2D eigenvalue weighted by atomic mass is 10.0. The monoisotopic (exact) mass is 317 g/mol. The van der Waals surface area contributed by atoms with Crippen molar-refractivity contribution in [3.63, 3.8) is 0 Å². The van der Waals surface area contributed by atoms with Crippen LogP contribution in [0.3, 0.4) is 0 Å². The maximum absolute atomic E-state index is 12.2. The molecule has 0 aliphatic carbocycles. The van der Waals surface area contributed by atoms with E-state index in [4.69, 9.17) is 0 Å². The smallest absolute Gasteiger partial charge is 0.241 e. The van der Waals surface area contributed by atoms with Crippen LogP contribution in [-0.2, 0) is 11.8 Å². The first-order chi connectivity index (χ1) is 10.7. The number of benzene rings is 1. The summed E-state index contributed by atoms with van der Waals surface area (Å²) < 4.78 is 1.87. The van der Waals surface area contributed by atoms with E-state index in [0.717, 1.165) is 41.5 Å². The number of aryl methyl sites for hydroxylation is 1. The van der Waals surface area contributed by atoms with Gasteiger partial charge in [-0.3, -0.25) is 4.79 Å². The number of piperidine rings is 1. The van der Waals surface area contributed by atoms with E-state index in [1.807, 2.05) is 35.9 Å². The lowest BCUT2D eigenvalue weighted by Crippen LogP contribution is -2.43. The molecule has 1 aromatic heterocycles. The van der Waals surface area contributed by atoms with Gasteiger partial charge in [-0.15, -0.1) is 10.2 Å². The predicted molar refractivity (Wildman–Crippen MR) is 85.8 cm³/mol. The largest absolute Gasteiger partial charge is 0.325 e. The zero-order chi connectivity index (χ0) is 15.4. The molecule has 6 nitrogen and oxygen atoms in total. The third-order valence-corrected chi connectivity index (χ3v) is 4.69. The third-order valence-electron chi connectivity index (χ3n) is 3.63. The molecule has 1 amide bonds. The summed E-state index contributed by atoms with van der Waals surface area (Å²) in [5, 5.41) is 14.9. The van der Waals surface area contributed by atoms with Crippen LogP contribution in [-0.4, -0.2) is 33.3 Å². The van der Waals surface area contributed by atoms with Crippen LogP contribution in [0.5, 0.6) is 0 Å². The molecule has 22 heavy (non-hydrogen) atoms. The SMILES string of the molecule is Cn1cnnc1Sc1ccc(NC(=O)C2CCCCN2)cc1. The predicted octanol–water partition coefficient (Wildman–Crippen LogP) is 2.05. The Morgan fingerprint density at radius 2 is 2.18 bits per heavy atom. The Bertz CT molecular complexity index is 634. The summed E-state index contributed by atoms with van der Waals surface area (Å²) in [5.74, 6) is 0.0494. The summed E-state index contributed by atoms with van der Waals surface area (Å²) >= 11 is 1.54. The molecule has 116 valence electrons. The first-order valence-corrected chi connectivity index (χ1v) is 8.20. The van der Waals surface area contributed by atoms with Gasteiger partial charge in [-0.05, 0) is 55.4 Å². The van der Waals surface area contributed by atoms with Crippen LogP contribution in [0.25, 0.3) is 0 Å². The first kappa shape index (κ1) is 15.1. The Kier molecular flexibility index (Phi) is 4.74. The highest BCUT2D eigenvalue weighted by Crippen LogP contribution is 2.26. The van der Waals surface area contributed by atoms with E-state index < -0.39 is 0 Å². The van der Waals surface area contributed by atoms with Crippen LogP contribution in [0.4, 0.5) is 5.69 Å². The van der Waals surface area contributed by atoms with Gasteiger partial charge in [0.25, 0.3) is 0 Å². The van der Waals surface area contributed by atoms with Crippen molar-refractivity contribution in [1.82, 2.24) is 20.1 Å². The van der Waals surface area contributed by atoms with Crippen molar-refractivity contribution in [3.05, 3.63) is 30.6 Å². The van der Waals surface area contributed by atoms with Gasteiger partial charge >= 0.3 is 0 Å². The number of carbonyl (C=O) groups is 1. The highest BCUT2D eigenvalue weighted by atomic mass is 32.2. The Balaban J connectivity index is 1.59. The van der Waals surface area contributed by atoms with E-state index in [1.54, 1.807) is 18.1 Å². The van der Waals surface area contributed by atoms with Crippen molar-refractivity contribution in [2.75, 3.05) is 11.9 Å². The van der Waals surface area contributed by atoms with Crippen molar-refractivity contribution in [1.29, 1.82) is 0 Å².